The van der Waals surface area contributed by atoms with Crippen molar-refractivity contribution < 1.29 is 0 Å². The summed E-state index contributed by atoms with van der Waals surface area (Å²) in [5.41, 5.74) is 1.93. The van der Waals surface area contributed by atoms with Gasteiger partial charge in [0.25, 0.3) is 0 Å². The van der Waals surface area contributed by atoms with Crippen LogP contribution in [0.1, 0.15) is 29.3 Å². The lowest BCUT2D eigenvalue weighted by Crippen LogP contribution is -2.13. The molecule has 19 heavy (non-hydrogen) atoms. The Morgan fingerprint density at radius 3 is 2.79 bits per heavy atom. The number of halogens is 2. The molecule has 2 heterocycles. The summed E-state index contributed by atoms with van der Waals surface area (Å²) in [7, 11) is 0. The summed E-state index contributed by atoms with van der Waals surface area (Å²) >= 11 is 13.9. The van der Waals surface area contributed by atoms with Crippen molar-refractivity contribution in [3.05, 3.63) is 44.3 Å². The summed E-state index contributed by atoms with van der Waals surface area (Å²) in [6.07, 6.45) is 2.54. The van der Waals surface area contributed by atoms with Gasteiger partial charge in [0.2, 0.25) is 0 Å². The van der Waals surface area contributed by atoms with Crippen LogP contribution in [-0.4, -0.2) is 4.98 Å². The third-order valence-corrected chi connectivity index (χ3v) is 4.81. The van der Waals surface area contributed by atoms with Crippen molar-refractivity contribution in [3.63, 3.8) is 0 Å². The molecule has 0 radical (unpaired) electrons. The number of hydrogen-bond donors (Lipinski definition) is 1. The Labute approximate surface area is 126 Å². The lowest BCUT2D eigenvalue weighted by molar-refractivity contribution is 0.690. The highest BCUT2D eigenvalue weighted by atomic mass is 35.5. The summed E-state index contributed by atoms with van der Waals surface area (Å²) in [5, 5.41) is 6.56. The Hall–Kier alpha value is -0.770. The van der Waals surface area contributed by atoms with E-state index in [0.29, 0.717) is 22.3 Å². The Morgan fingerprint density at radius 2 is 2.21 bits per heavy atom. The minimum Gasteiger partial charge on any atom is -0.374 e. The molecule has 2 aromatic heterocycles. The van der Waals surface area contributed by atoms with Crippen LogP contribution in [0.5, 0.6) is 0 Å². The first-order chi connectivity index (χ1) is 9.15. The largest absolute Gasteiger partial charge is 0.374 e. The highest BCUT2D eigenvalue weighted by Gasteiger charge is 2.33. The molecule has 1 aliphatic rings. The normalized spacial score (nSPS) is 16.4. The van der Waals surface area contributed by atoms with Crippen LogP contribution in [0.4, 0.5) is 5.69 Å². The van der Waals surface area contributed by atoms with E-state index < -0.39 is 0 Å². The summed E-state index contributed by atoms with van der Waals surface area (Å²) in [6, 6.07) is 6.44. The van der Waals surface area contributed by atoms with Gasteiger partial charge in [-0.05, 0) is 48.8 Å². The Morgan fingerprint density at radius 1 is 1.42 bits per heavy atom. The van der Waals surface area contributed by atoms with E-state index in [2.05, 4.69) is 27.8 Å². The molecule has 0 bridgehead atoms. The molecule has 1 atom stereocenters. The van der Waals surface area contributed by atoms with Crippen molar-refractivity contribution >= 4 is 40.2 Å². The van der Waals surface area contributed by atoms with Crippen LogP contribution in [0.15, 0.2) is 23.6 Å². The van der Waals surface area contributed by atoms with E-state index in [1.165, 1.54) is 17.7 Å². The average Bonchev–Trinajstić information content (AvgIpc) is 3.03. The predicted molar refractivity (Wildman–Crippen MR) is 82.4 cm³/mol. The number of nitrogens with one attached hydrogen (secondary N) is 1. The second-order valence-corrected chi connectivity index (χ2v) is 6.63. The van der Waals surface area contributed by atoms with Crippen molar-refractivity contribution in [2.45, 2.75) is 25.8 Å². The van der Waals surface area contributed by atoms with Gasteiger partial charge in [-0.2, -0.15) is 0 Å². The number of anilines is 1. The molecule has 5 heteroatoms. The smallest absolute Gasteiger partial charge is 0.154 e. The van der Waals surface area contributed by atoms with Crippen LogP contribution in [-0.2, 0) is 0 Å². The summed E-state index contributed by atoms with van der Waals surface area (Å²) in [5.74, 6) is 0.699. The first-order valence-electron chi connectivity index (χ1n) is 6.27. The Balaban J connectivity index is 1.91. The molecule has 1 saturated carbocycles. The second kappa shape index (κ2) is 5.31. The molecule has 2 aromatic rings. The molecule has 3 rings (SSSR count). The number of thiophene rings is 1. The highest BCUT2D eigenvalue weighted by Crippen LogP contribution is 2.45. The van der Waals surface area contributed by atoms with E-state index in [-0.39, 0.29) is 0 Å². The lowest BCUT2D eigenvalue weighted by Gasteiger charge is -2.20. The first-order valence-corrected chi connectivity index (χ1v) is 7.91. The summed E-state index contributed by atoms with van der Waals surface area (Å²) < 4.78 is 0. The molecular formula is C14H14Cl2N2S. The fourth-order valence-electron chi connectivity index (χ4n) is 2.24. The van der Waals surface area contributed by atoms with Gasteiger partial charge in [-0.25, -0.2) is 4.98 Å². The maximum Gasteiger partial charge on any atom is 0.154 e. The number of nitrogens with zero attached hydrogens (tertiary/aromatic N) is 1. The third kappa shape index (κ3) is 2.88. The SMILES string of the molecule is Cc1cc(Cl)nc(Cl)c1NC(c1cccs1)C1CC1. The van der Waals surface area contributed by atoms with Crippen LogP contribution < -0.4 is 5.32 Å². The zero-order valence-corrected chi connectivity index (χ0v) is 12.8. The Kier molecular flexibility index (Phi) is 3.70. The maximum atomic E-state index is 6.21. The van der Waals surface area contributed by atoms with Crippen molar-refractivity contribution in [2.24, 2.45) is 5.92 Å². The van der Waals surface area contributed by atoms with Gasteiger partial charge in [0.1, 0.15) is 5.15 Å². The van der Waals surface area contributed by atoms with Crippen molar-refractivity contribution in [3.8, 4) is 0 Å². The minimum absolute atomic E-state index is 0.333. The van der Waals surface area contributed by atoms with E-state index in [9.17, 15) is 0 Å². The topological polar surface area (TPSA) is 24.9 Å². The van der Waals surface area contributed by atoms with Crippen molar-refractivity contribution in [1.82, 2.24) is 4.98 Å². The quantitative estimate of drug-likeness (QED) is 0.773. The van der Waals surface area contributed by atoms with E-state index in [1.807, 2.05) is 13.0 Å². The average molecular weight is 313 g/mol. The molecule has 0 spiro atoms. The number of aryl methyl sites for hydroxylation is 1. The maximum absolute atomic E-state index is 6.21. The van der Waals surface area contributed by atoms with Crippen LogP contribution >= 0.6 is 34.5 Å². The van der Waals surface area contributed by atoms with Crippen molar-refractivity contribution in [1.29, 1.82) is 0 Å². The fourth-order valence-corrected chi connectivity index (χ4v) is 3.70. The molecule has 0 aliphatic heterocycles. The monoisotopic (exact) mass is 312 g/mol. The minimum atomic E-state index is 0.333. The molecule has 0 aromatic carbocycles. The number of aromatic nitrogens is 1. The van der Waals surface area contributed by atoms with Crippen LogP contribution in [0, 0.1) is 12.8 Å². The first kappa shape index (κ1) is 13.2. The number of pyridine rings is 1. The van der Waals surface area contributed by atoms with Gasteiger partial charge in [0.15, 0.2) is 5.15 Å². The van der Waals surface area contributed by atoms with Gasteiger partial charge < -0.3 is 5.32 Å². The lowest BCUT2D eigenvalue weighted by atomic mass is 10.1. The second-order valence-electron chi connectivity index (χ2n) is 4.90. The van der Waals surface area contributed by atoms with Gasteiger partial charge in [0, 0.05) is 4.88 Å². The molecule has 100 valence electrons. The summed E-state index contributed by atoms with van der Waals surface area (Å²) in [4.78, 5) is 5.47. The Bertz CT molecular complexity index is 556. The molecule has 1 N–H and O–H groups in total. The highest BCUT2D eigenvalue weighted by molar-refractivity contribution is 7.10. The fraction of sp³-hybridized carbons (Fsp3) is 0.357. The van der Waals surface area contributed by atoms with Crippen LogP contribution in [0.25, 0.3) is 0 Å². The van der Waals surface area contributed by atoms with Gasteiger partial charge in [-0.3, -0.25) is 0 Å². The van der Waals surface area contributed by atoms with Crippen LogP contribution in [0.2, 0.25) is 10.3 Å². The summed E-state index contributed by atoms with van der Waals surface area (Å²) in [6.45, 7) is 2.00. The van der Waals surface area contributed by atoms with Crippen molar-refractivity contribution in [2.75, 3.05) is 5.32 Å². The molecular weight excluding hydrogens is 299 g/mol. The predicted octanol–water partition coefficient (Wildman–Crippen LogP) is 5.32. The zero-order valence-electron chi connectivity index (χ0n) is 10.5. The number of hydrogen-bond acceptors (Lipinski definition) is 3. The third-order valence-electron chi connectivity index (χ3n) is 3.38. The van der Waals surface area contributed by atoms with E-state index >= 15 is 0 Å². The van der Waals surface area contributed by atoms with Gasteiger partial charge in [0.05, 0.1) is 11.7 Å². The molecule has 1 aliphatic carbocycles. The molecule has 0 amide bonds. The van der Waals surface area contributed by atoms with E-state index in [1.54, 1.807) is 11.3 Å². The zero-order chi connectivity index (χ0) is 13.4. The van der Waals surface area contributed by atoms with Gasteiger partial charge in [-0.1, -0.05) is 29.3 Å². The molecule has 0 saturated heterocycles. The standard InChI is InChI=1S/C14H14Cl2N2S/c1-8-7-11(15)17-14(16)12(8)18-13(9-4-5-9)10-3-2-6-19-10/h2-3,6-7,9,13,18H,4-5H2,1H3. The van der Waals surface area contributed by atoms with Crippen LogP contribution in [0.3, 0.4) is 0 Å². The molecule has 1 unspecified atom stereocenters. The number of rotatable bonds is 4. The van der Waals surface area contributed by atoms with Gasteiger partial charge in [-0.15, -0.1) is 11.3 Å². The van der Waals surface area contributed by atoms with E-state index in [4.69, 9.17) is 23.2 Å². The van der Waals surface area contributed by atoms with Gasteiger partial charge >= 0.3 is 0 Å². The molecule has 2 nitrogen and oxygen atoms in total. The molecule has 1 fully saturated rings. The van der Waals surface area contributed by atoms with E-state index in [0.717, 1.165) is 11.3 Å².